The van der Waals surface area contributed by atoms with Crippen LogP contribution in [0.1, 0.15) is 446 Å². The molecule has 0 aliphatic rings. The Bertz CT molecular complexity index is 2110. The van der Waals surface area contributed by atoms with E-state index in [2.05, 4.69) is 58.9 Å². The van der Waals surface area contributed by atoms with Crippen molar-refractivity contribution in [3.05, 3.63) is 24.3 Å². The minimum Gasteiger partial charge on any atom is -0.462 e. The number of carbonyl (C=O) groups excluding carboxylic acids is 4. The van der Waals surface area contributed by atoms with Gasteiger partial charge in [-0.25, -0.2) is 9.13 Å². The minimum absolute atomic E-state index is 0.0859. The van der Waals surface area contributed by atoms with Crippen LogP contribution >= 0.6 is 15.6 Å². The average molecular weight is 1550 g/mol. The summed E-state index contributed by atoms with van der Waals surface area (Å²) in [6.45, 7) is 7.36. The number of hydrogen-bond donors (Lipinski definition) is 3. The number of aliphatic hydroxyl groups is 1. The monoisotopic (exact) mass is 1550 g/mol. The highest BCUT2D eigenvalue weighted by Gasteiger charge is 2.30. The van der Waals surface area contributed by atoms with Crippen LogP contribution in [0.3, 0.4) is 0 Å². The topological polar surface area (TPSA) is 237 Å². The summed E-state index contributed by atoms with van der Waals surface area (Å²) < 4.78 is 68.9. The molecule has 0 amide bonds. The molecular weight excluding hydrogens is 1380 g/mol. The molecule has 0 bridgehead atoms. The fourth-order valence-corrected chi connectivity index (χ4v) is 14.7. The summed E-state index contributed by atoms with van der Waals surface area (Å²) in [6, 6.07) is 0. The van der Waals surface area contributed by atoms with Crippen LogP contribution in [0, 0.1) is 5.92 Å². The zero-order valence-corrected chi connectivity index (χ0v) is 70.9. The summed E-state index contributed by atoms with van der Waals surface area (Å²) in [4.78, 5) is 73.3. The highest BCUT2D eigenvalue weighted by atomic mass is 31.2. The van der Waals surface area contributed by atoms with Crippen LogP contribution < -0.4 is 0 Å². The van der Waals surface area contributed by atoms with Crippen molar-refractivity contribution in [1.29, 1.82) is 0 Å². The smallest absolute Gasteiger partial charge is 0.462 e. The molecule has 0 aromatic heterocycles. The maximum absolute atomic E-state index is 13.2. The molecule has 0 aromatic rings. The van der Waals surface area contributed by atoms with E-state index in [0.29, 0.717) is 25.7 Å². The second kappa shape index (κ2) is 79.2. The molecule has 0 aliphatic carbocycles. The van der Waals surface area contributed by atoms with Crippen molar-refractivity contribution in [1.82, 2.24) is 0 Å². The Morgan fingerprint density at radius 1 is 0.302 bits per heavy atom. The summed E-state index contributed by atoms with van der Waals surface area (Å²) in [6.07, 6.45) is 75.6. The molecule has 17 nitrogen and oxygen atoms in total. The van der Waals surface area contributed by atoms with Crippen molar-refractivity contribution in [3.63, 3.8) is 0 Å². The first-order valence-electron chi connectivity index (χ1n) is 44.5. The van der Waals surface area contributed by atoms with E-state index in [1.54, 1.807) is 0 Å². The first-order chi connectivity index (χ1) is 51.6. The van der Waals surface area contributed by atoms with E-state index >= 15 is 0 Å². The van der Waals surface area contributed by atoms with E-state index in [9.17, 15) is 43.2 Å². The van der Waals surface area contributed by atoms with Gasteiger partial charge in [0.05, 0.1) is 26.4 Å². The van der Waals surface area contributed by atoms with E-state index in [-0.39, 0.29) is 25.7 Å². The summed E-state index contributed by atoms with van der Waals surface area (Å²) in [5, 5.41) is 10.7. The SMILES string of the molecule is CCCCCC/C=C\C=C/CCCCCCCC(=O)O[C@H](COC(=O)CCCCCCCCCCCCCCC)COP(=O)(O)OC[C@H](O)COP(=O)(O)OC[C@@H](COC(=O)CCCCCCCCCCCCCCCCC(C)CC)OC(=O)CCCCCCCCCCCCCCCCCCCCCC. The van der Waals surface area contributed by atoms with Gasteiger partial charge in [-0.2, -0.15) is 0 Å². The molecule has 0 saturated carbocycles. The molecule has 0 aliphatic heterocycles. The Morgan fingerprint density at radius 2 is 0.528 bits per heavy atom. The van der Waals surface area contributed by atoms with Crippen LogP contribution in [-0.4, -0.2) is 96.7 Å². The predicted molar refractivity (Wildman–Crippen MR) is 437 cm³/mol. The molecule has 0 aromatic carbocycles. The number of ether oxygens (including phenoxy) is 4. The summed E-state index contributed by atoms with van der Waals surface area (Å²) in [5.74, 6) is -1.28. The third kappa shape index (κ3) is 78.2. The van der Waals surface area contributed by atoms with Crippen molar-refractivity contribution >= 4 is 39.5 Å². The van der Waals surface area contributed by atoms with Crippen LogP contribution in [-0.2, 0) is 65.4 Å². The van der Waals surface area contributed by atoms with Gasteiger partial charge in [-0.3, -0.25) is 37.3 Å². The minimum atomic E-state index is -4.97. The molecule has 6 atom stereocenters. The molecule has 19 heteroatoms. The standard InChI is InChI=1S/C87H166O17P2/c1-6-10-13-16-19-22-25-28-30-31-32-33-34-36-43-48-53-58-63-68-73-87(92)104-83(77-98-85(90)71-66-61-56-51-46-41-38-37-40-44-49-54-59-64-69-80(5)9-4)79-102-106(95,96)100-75-81(88)74-99-105(93,94)101-78-82(76-97-84(89)70-65-60-55-50-45-39-27-24-21-18-15-12-8-3)103-86(91)72-67-62-57-52-47-42-35-29-26-23-20-17-14-11-7-2/h23,26,29,35,80-83,88H,6-22,24-25,27-28,30-34,36-79H2,1-5H3,(H,93,94)(H,95,96)/b26-23-,35-29-/t80?,81-,82+,83+/m0/s1. The maximum atomic E-state index is 13.2. The van der Waals surface area contributed by atoms with Crippen LogP contribution in [0.5, 0.6) is 0 Å². The van der Waals surface area contributed by atoms with E-state index < -0.39 is 97.5 Å². The van der Waals surface area contributed by atoms with Gasteiger partial charge >= 0.3 is 39.5 Å². The summed E-state index contributed by atoms with van der Waals surface area (Å²) in [5.41, 5.74) is 0. The van der Waals surface area contributed by atoms with Gasteiger partial charge in [0, 0.05) is 25.7 Å². The molecule has 626 valence electrons. The van der Waals surface area contributed by atoms with Crippen molar-refractivity contribution in [2.24, 2.45) is 5.92 Å². The number of unbranched alkanes of at least 4 members (excludes halogenated alkanes) is 53. The molecule has 3 unspecified atom stereocenters. The zero-order valence-electron chi connectivity index (χ0n) is 69.1. The van der Waals surface area contributed by atoms with E-state index in [0.717, 1.165) is 109 Å². The summed E-state index contributed by atoms with van der Waals surface area (Å²) in [7, 11) is -9.94. The van der Waals surface area contributed by atoms with Crippen molar-refractivity contribution in [2.45, 2.75) is 464 Å². The van der Waals surface area contributed by atoms with Crippen LogP contribution in [0.25, 0.3) is 0 Å². The zero-order chi connectivity index (χ0) is 77.6. The molecule has 0 saturated heterocycles. The molecule has 0 spiro atoms. The van der Waals surface area contributed by atoms with Crippen molar-refractivity contribution in [3.8, 4) is 0 Å². The number of phosphoric acid groups is 2. The second-order valence-electron chi connectivity index (χ2n) is 30.8. The number of hydrogen-bond acceptors (Lipinski definition) is 15. The lowest BCUT2D eigenvalue weighted by Gasteiger charge is -2.21. The van der Waals surface area contributed by atoms with Gasteiger partial charge in [-0.15, -0.1) is 0 Å². The fourth-order valence-electron chi connectivity index (χ4n) is 13.1. The molecule has 106 heavy (non-hydrogen) atoms. The van der Waals surface area contributed by atoms with Crippen LogP contribution in [0.4, 0.5) is 0 Å². The van der Waals surface area contributed by atoms with Gasteiger partial charge in [0.2, 0.25) is 0 Å². The van der Waals surface area contributed by atoms with Crippen molar-refractivity contribution < 1.29 is 80.2 Å². The summed E-state index contributed by atoms with van der Waals surface area (Å²) >= 11 is 0. The molecule has 3 N–H and O–H groups in total. The maximum Gasteiger partial charge on any atom is 0.472 e. The number of carbonyl (C=O) groups is 4. The Kier molecular flexibility index (Phi) is 77.4. The van der Waals surface area contributed by atoms with E-state index in [1.807, 2.05) is 0 Å². The Morgan fingerprint density at radius 3 is 0.802 bits per heavy atom. The highest BCUT2D eigenvalue weighted by Crippen LogP contribution is 2.45. The Hall–Kier alpha value is -2.46. The first kappa shape index (κ1) is 104. The van der Waals surface area contributed by atoms with Gasteiger partial charge < -0.3 is 33.8 Å². The third-order valence-electron chi connectivity index (χ3n) is 20.3. The second-order valence-corrected chi connectivity index (χ2v) is 33.7. The van der Waals surface area contributed by atoms with Gasteiger partial charge in [0.15, 0.2) is 12.2 Å². The first-order valence-corrected chi connectivity index (χ1v) is 47.5. The van der Waals surface area contributed by atoms with E-state index in [1.165, 1.54) is 257 Å². The highest BCUT2D eigenvalue weighted by molar-refractivity contribution is 7.47. The lowest BCUT2D eigenvalue weighted by molar-refractivity contribution is -0.161. The molecular formula is C87H166O17P2. The molecule has 0 rings (SSSR count). The van der Waals surface area contributed by atoms with Crippen LogP contribution in [0.15, 0.2) is 24.3 Å². The van der Waals surface area contributed by atoms with Crippen molar-refractivity contribution in [2.75, 3.05) is 39.6 Å². The fraction of sp³-hybridized carbons (Fsp3) is 0.908. The predicted octanol–water partition coefficient (Wildman–Crippen LogP) is 26.3. The lowest BCUT2D eigenvalue weighted by Crippen LogP contribution is -2.30. The quantitative estimate of drug-likeness (QED) is 0.0169. The third-order valence-corrected chi connectivity index (χ3v) is 22.2. The number of phosphoric ester groups is 2. The number of rotatable bonds is 85. The molecule has 0 heterocycles. The molecule has 0 radical (unpaired) electrons. The average Bonchev–Trinajstić information content (AvgIpc) is 0.901. The number of aliphatic hydroxyl groups excluding tert-OH is 1. The number of esters is 4. The van der Waals surface area contributed by atoms with Gasteiger partial charge in [-0.1, -0.05) is 393 Å². The van der Waals surface area contributed by atoms with Gasteiger partial charge in [-0.05, 0) is 57.3 Å². The largest absolute Gasteiger partial charge is 0.472 e. The van der Waals surface area contributed by atoms with Gasteiger partial charge in [0.1, 0.15) is 19.3 Å². The number of allylic oxidation sites excluding steroid dienone is 4. The Balaban J connectivity index is 5.29. The van der Waals surface area contributed by atoms with Gasteiger partial charge in [0.25, 0.3) is 0 Å². The normalized spacial score (nSPS) is 14.2. The van der Waals surface area contributed by atoms with Crippen LogP contribution in [0.2, 0.25) is 0 Å². The Labute approximate surface area is 650 Å². The lowest BCUT2D eigenvalue weighted by atomic mass is 9.99. The molecule has 0 fully saturated rings. The van der Waals surface area contributed by atoms with E-state index in [4.69, 9.17) is 37.0 Å².